The van der Waals surface area contributed by atoms with Gasteiger partial charge in [0.2, 0.25) is 5.91 Å². The van der Waals surface area contributed by atoms with Gasteiger partial charge in [0.25, 0.3) is 5.91 Å². The average Bonchev–Trinajstić information content (AvgIpc) is 3.29. The lowest BCUT2D eigenvalue weighted by atomic mass is 9.90. The highest BCUT2D eigenvalue weighted by Gasteiger charge is 2.28. The highest BCUT2D eigenvalue weighted by molar-refractivity contribution is 7.09. The Kier molecular flexibility index (Phi) is 10.1. The second kappa shape index (κ2) is 13.3. The highest BCUT2D eigenvalue weighted by Crippen LogP contribution is 2.21. The van der Waals surface area contributed by atoms with Gasteiger partial charge in [-0.15, -0.1) is 11.3 Å². The molecule has 1 aromatic heterocycles. The molecule has 1 aliphatic carbocycles. The molecule has 1 aliphatic rings. The second-order valence-electron chi connectivity index (χ2n) is 8.55. The second-order valence-corrected chi connectivity index (χ2v) is 9.49. The zero-order valence-electron chi connectivity index (χ0n) is 19.3. The first kappa shape index (κ1) is 25.1. The fourth-order valence-electron chi connectivity index (χ4n) is 4.07. The van der Waals surface area contributed by atoms with Crippen LogP contribution in [-0.2, 0) is 11.4 Å². The number of aromatic nitrogens is 1. The van der Waals surface area contributed by atoms with Crippen LogP contribution in [0.25, 0.3) is 0 Å². The van der Waals surface area contributed by atoms with Gasteiger partial charge in [-0.1, -0.05) is 57.6 Å². The van der Waals surface area contributed by atoms with E-state index in [9.17, 15) is 14.0 Å². The number of benzene rings is 1. The van der Waals surface area contributed by atoms with Crippen LogP contribution >= 0.6 is 11.3 Å². The summed E-state index contributed by atoms with van der Waals surface area (Å²) >= 11 is 1.30. The van der Waals surface area contributed by atoms with Gasteiger partial charge in [-0.2, -0.15) is 0 Å². The van der Waals surface area contributed by atoms with Crippen LogP contribution < -0.4 is 15.4 Å². The minimum atomic E-state index is -0.432. The summed E-state index contributed by atoms with van der Waals surface area (Å²) in [6, 6.07) is 6.04. The van der Waals surface area contributed by atoms with Crippen LogP contribution in [-0.4, -0.2) is 28.9 Å². The molecule has 6 nitrogen and oxygen atoms in total. The van der Waals surface area contributed by atoms with Crippen molar-refractivity contribution in [3.8, 4) is 5.75 Å². The van der Waals surface area contributed by atoms with E-state index in [-0.39, 0.29) is 36.3 Å². The van der Waals surface area contributed by atoms with Crippen LogP contribution in [0.4, 0.5) is 4.39 Å². The maximum atomic E-state index is 13.7. The maximum Gasteiger partial charge on any atom is 0.271 e. The standard InChI is InChI=1S/C25H34FN3O3S/c1-2-3-4-5-6-15-23(30)27-19-12-8-9-13-20(19)29-25(31)21-17-33-24(28-21)16-32-22-14-10-7-11-18(22)26/h7,10-11,14,17,19-20H,2-6,8-9,12-13,15-16H2,1H3,(H,27,30)(H,29,31)/t19-,20+/m1/s1. The third-order valence-electron chi connectivity index (χ3n) is 5.91. The molecule has 0 saturated heterocycles. The summed E-state index contributed by atoms with van der Waals surface area (Å²) < 4.78 is 19.2. The largest absolute Gasteiger partial charge is 0.483 e. The first-order chi connectivity index (χ1) is 16.1. The molecular weight excluding hydrogens is 441 g/mol. The number of nitrogens with one attached hydrogen (secondary N) is 2. The molecule has 2 N–H and O–H groups in total. The number of rotatable bonds is 12. The third-order valence-corrected chi connectivity index (χ3v) is 6.73. The summed E-state index contributed by atoms with van der Waals surface area (Å²) in [6.07, 6.45) is 9.87. The highest BCUT2D eigenvalue weighted by atomic mass is 32.1. The number of ether oxygens (including phenoxy) is 1. The van der Waals surface area contributed by atoms with Crippen LogP contribution in [0, 0.1) is 5.82 Å². The van der Waals surface area contributed by atoms with Gasteiger partial charge < -0.3 is 15.4 Å². The summed E-state index contributed by atoms with van der Waals surface area (Å²) in [7, 11) is 0. The molecule has 1 aromatic carbocycles. The summed E-state index contributed by atoms with van der Waals surface area (Å²) in [5.74, 6) is -0.462. The molecule has 3 rings (SSSR count). The minimum absolute atomic E-state index is 0.0478. The van der Waals surface area contributed by atoms with Gasteiger partial charge in [0.1, 0.15) is 17.3 Å². The van der Waals surface area contributed by atoms with E-state index in [1.54, 1.807) is 23.6 Å². The molecule has 0 spiro atoms. The number of amides is 2. The predicted molar refractivity (Wildman–Crippen MR) is 128 cm³/mol. The van der Waals surface area contributed by atoms with Gasteiger partial charge in [0.15, 0.2) is 11.6 Å². The number of hydrogen-bond donors (Lipinski definition) is 2. The van der Waals surface area contributed by atoms with E-state index < -0.39 is 5.82 Å². The normalized spacial score (nSPS) is 18.0. The van der Waals surface area contributed by atoms with E-state index in [1.807, 2.05) is 0 Å². The van der Waals surface area contributed by atoms with Gasteiger partial charge in [-0.25, -0.2) is 9.37 Å². The number of thiazole rings is 1. The van der Waals surface area contributed by atoms with Crippen LogP contribution in [0.3, 0.4) is 0 Å². The quantitative estimate of drug-likeness (QED) is 0.404. The van der Waals surface area contributed by atoms with Crippen LogP contribution in [0.15, 0.2) is 29.6 Å². The number of para-hydroxylation sites is 1. The zero-order chi connectivity index (χ0) is 23.5. The Balaban J connectivity index is 1.47. The van der Waals surface area contributed by atoms with E-state index in [0.717, 1.165) is 38.5 Å². The molecule has 33 heavy (non-hydrogen) atoms. The number of nitrogens with zero attached hydrogens (tertiary/aromatic N) is 1. The zero-order valence-corrected chi connectivity index (χ0v) is 20.1. The van der Waals surface area contributed by atoms with Gasteiger partial charge in [-0.3, -0.25) is 9.59 Å². The maximum absolute atomic E-state index is 13.7. The van der Waals surface area contributed by atoms with Gasteiger partial charge in [0.05, 0.1) is 0 Å². The molecule has 1 fully saturated rings. The van der Waals surface area contributed by atoms with Crippen molar-refractivity contribution in [2.45, 2.75) is 89.8 Å². The molecule has 8 heteroatoms. The van der Waals surface area contributed by atoms with Crippen LogP contribution in [0.2, 0.25) is 0 Å². The summed E-state index contributed by atoms with van der Waals surface area (Å²) in [5, 5.41) is 8.48. The van der Waals surface area contributed by atoms with Crippen molar-refractivity contribution in [3.05, 3.63) is 46.2 Å². The molecule has 180 valence electrons. The fourth-order valence-corrected chi connectivity index (χ4v) is 4.75. The van der Waals surface area contributed by atoms with Gasteiger partial charge in [0, 0.05) is 23.9 Å². The van der Waals surface area contributed by atoms with Crippen molar-refractivity contribution in [3.63, 3.8) is 0 Å². The number of carbonyl (C=O) groups excluding carboxylic acids is 2. The first-order valence-electron chi connectivity index (χ1n) is 12.0. The SMILES string of the molecule is CCCCCCCC(=O)N[C@@H]1CCCC[C@@H]1NC(=O)c1csc(COc2ccccc2F)n1. The molecule has 0 aliphatic heterocycles. The molecule has 0 bridgehead atoms. The Labute approximate surface area is 199 Å². The first-order valence-corrected chi connectivity index (χ1v) is 12.9. The Hall–Kier alpha value is -2.48. The molecule has 1 saturated carbocycles. The van der Waals surface area contributed by atoms with Crippen molar-refractivity contribution in [2.24, 2.45) is 0 Å². The predicted octanol–water partition coefficient (Wildman–Crippen LogP) is 5.38. The topological polar surface area (TPSA) is 80.3 Å². The van der Waals surface area contributed by atoms with Crippen molar-refractivity contribution < 1.29 is 18.7 Å². The van der Waals surface area contributed by atoms with Crippen LogP contribution in [0.5, 0.6) is 5.75 Å². The molecular formula is C25H34FN3O3S. The third kappa shape index (κ3) is 8.11. The molecule has 1 heterocycles. The number of hydrogen-bond acceptors (Lipinski definition) is 5. The minimum Gasteiger partial charge on any atom is -0.483 e. The van der Waals surface area contributed by atoms with Gasteiger partial charge >= 0.3 is 0 Å². The molecule has 0 unspecified atom stereocenters. The number of unbranched alkanes of at least 4 members (excludes halogenated alkanes) is 4. The average molecular weight is 476 g/mol. The van der Waals surface area contributed by atoms with Crippen LogP contribution in [0.1, 0.15) is 86.6 Å². The van der Waals surface area contributed by atoms with Crippen molar-refractivity contribution in [1.29, 1.82) is 0 Å². The lowest BCUT2D eigenvalue weighted by Crippen LogP contribution is -2.53. The van der Waals surface area contributed by atoms with Crippen molar-refractivity contribution in [2.75, 3.05) is 0 Å². The summed E-state index contributed by atoms with van der Waals surface area (Å²) in [4.78, 5) is 29.5. The summed E-state index contributed by atoms with van der Waals surface area (Å²) in [6.45, 7) is 2.27. The van der Waals surface area contributed by atoms with Crippen molar-refractivity contribution in [1.82, 2.24) is 15.6 Å². The molecule has 0 radical (unpaired) electrons. The molecule has 2 amide bonds. The van der Waals surface area contributed by atoms with E-state index in [0.29, 0.717) is 17.1 Å². The van der Waals surface area contributed by atoms with E-state index in [4.69, 9.17) is 4.74 Å². The monoisotopic (exact) mass is 475 g/mol. The molecule has 2 atom stereocenters. The molecule has 2 aromatic rings. The lowest BCUT2D eigenvalue weighted by molar-refractivity contribution is -0.122. The summed E-state index contributed by atoms with van der Waals surface area (Å²) in [5.41, 5.74) is 0.318. The lowest BCUT2D eigenvalue weighted by Gasteiger charge is -2.32. The fraction of sp³-hybridized carbons (Fsp3) is 0.560. The van der Waals surface area contributed by atoms with Crippen molar-refractivity contribution >= 4 is 23.2 Å². The van der Waals surface area contributed by atoms with E-state index in [1.165, 1.54) is 36.7 Å². The van der Waals surface area contributed by atoms with E-state index in [2.05, 4.69) is 22.5 Å². The Morgan fingerprint density at radius 2 is 1.82 bits per heavy atom. The van der Waals surface area contributed by atoms with E-state index >= 15 is 0 Å². The Morgan fingerprint density at radius 3 is 2.58 bits per heavy atom. The number of halogens is 1. The number of carbonyl (C=O) groups is 2. The Bertz CT molecular complexity index is 905. The Morgan fingerprint density at radius 1 is 1.09 bits per heavy atom. The smallest absolute Gasteiger partial charge is 0.271 e. The van der Waals surface area contributed by atoms with Gasteiger partial charge in [-0.05, 0) is 31.4 Å².